The molecule has 144 valence electrons. The number of carbonyl (C=O) groups is 1. The highest BCUT2D eigenvalue weighted by Crippen LogP contribution is 2.33. The molecule has 2 aromatic heterocycles. The molecule has 3 heterocycles. The number of nitrogens with one attached hydrogen (secondary N) is 1. The van der Waals surface area contributed by atoms with Crippen LogP contribution in [0, 0.1) is 0 Å². The van der Waals surface area contributed by atoms with Crippen molar-refractivity contribution in [1.82, 2.24) is 5.01 Å². The molecule has 7 heteroatoms. The van der Waals surface area contributed by atoms with Gasteiger partial charge in [-0.3, -0.25) is 4.79 Å². The molecule has 0 spiro atoms. The van der Waals surface area contributed by atoms with Crippen LogP contribution in [0.1, 0.15) is 28.7 Å². The number of carbonyl (C=O) groups excluding carboxylic acids is 1. The molecule has 0 bridgehead atoms. The molecular formula is C21H21ClN3O2S+. The monoisotopic (exact) mass is 414 g/mol. The van der Waals surface area contributed by atoms with Crippen LogP contribution >= 0.6 is 22.9 Å². The van der Waals surface area contributed by atoms with Crippen LogP contribution in [0.25, 0.3) is 0 Å². The van der Waals surface area contributed by atoms with Gasteiger partial charge in [0.1, 0.15) is 18.3 Å². The molecule has 3 aromatic rings. The average Bonchev–Trinajstić information content (AvgIpc) is 3.43. The Labute approximate surface area is 172 Å². The van der Waals surface area contributed by atoms with Gasteiger partial charge in [0.2, 0.25) is 0 Å². The quantitative estimate of drug-likeness (QED) is 0.672. The van der Waals surface area contributed by atoms with Gasteiger partial charge in [-0.1, -0.05) is 29.8 Å². The molecule has 1 amide bonds. The van der Waals surface area contributed by atoms with Crippen LogP contribution in [0.15, 0.2) is 69.7 Å². The van der Waals surface area contributed by atoms with E-state index >= 15 is 0 Å². The van der Waals surface area contributed by atoms with Crippen molar-refractivity contribution in [2.75, 3.05) is 13.6 Å². The van der Waals surface area contributed by atoms with E-state index in [4.69, 9.17) is 16.0 Å². The molecule has 1 unspecified atom stereocenters. The molecule has 0 fully saturated rings. The second-order valence-electron chi connectivity index (χ2n) is 6.92. The molecule has 28 heavy (non-hydrogen) atoms. The molecule has 0 radical (unpaired) electrons. The summed E-state index contributed by atoms with van der Waals surface area (Å²) in [7, 11) is 2.03. The number of benzene rings is 1. The molecule has 5 nitrogen and oxygen atoms in total. The lowest BCUT2D eigenvalue weighted by molar-refractivity contribution is -0.885. The number of hydrazone groups is 1. The van der Waals surface area contributed by atoms with Crippen LogP contribution in [0.2, 0.25) is 5.02 Å². The molecule has 1 aliphatic heterocycles. The first kappa shape index (κ1) is 18.9. The highest BCUT2D eigenvalue weighted by atomic mass is 35.5. The van der Waals surface area contributed by atoms with Crippen LogP contribution in [0.5, 0.6) is 0 Å². The second kappa shape index (κ2) is 8.31. The first-order chi connectivity index (χ1) is 13.6. The Balaban J connectivity index is 1.53. The number of thiophene rings is 1. The van der Waals surface area contributed by atoms with Gasteiger partial charge in [0.25, 0.3) is 5.91 Å². The Hall–Kier alpha value is -2.41. The summed E-state index contributed by atoms with van der Waals surface area (Å²) in [6.45, 7) is 1.18. The molecular weight excluding hydrogens is 394 g/mol. The number of nitrogens with zero attached hydrogens (tertiary/aromatic N) is 2. The minimum Gasteiger partial charge on any atom is -0.467 e. The predicted molar refractivity (Wildman–Crippen MR) is 111 cm³/mol. The van der Waals surface area contributed by atoms with E-state index in [0.717, 1.165) is 28.5 Å². The smallest absolute Gasteiger partial charge is 0.298 e. The zero-order valence-electron chi connectivity index (χ0n) is 15.5. The Morgan fingerprint density at radius 3 is 2.79 bits per heavy atom. The van der Waals surface area contributed by atoms with E-state index in [2.05, 4.69) is 16.5 Å². The summed E-state index contributed by atoms with van der Waals surface area (Å²) in [5, 5.41) is 8.98. The van der Waals surface area contributed by atoms with E-state index in [0.29, 0.717) is 18.0 Å². The average molecular weight is 415 g/mol. The van der Waals surface area contributed by atoms with Crippen LogP contribution in [-0.4, -0.2) is 30.2 Å². The zero-order chi connectivity index (χ0) is 19.5. The zero-order valence-corrected chi connectivity index (χ0v) is 17.0. The number of furan rings is 1. The Kier molecular flexibility index (Phi) is 5.62. The van der Waals surface area contributed by atoms with Crippen molar-refractivity contribution in [2.45, 2.75) is 19.0 Å². The molecule has 0 saturated carbocycles. The molecule has 1 aromatic carbocycles. The maximum absolute atomic E-state index is 13.1. The number of amides is 1. The van der Waals surface area contributed by atoms with E-state index in [1.807, 2.05) is 49.5 Å². The van der Waals surface area contributed by atoms with E-state index in [-0.39, 0.29) is 11.9 Å². The molecule has 0 saturated heterocycles. The highest BCUT2D eigenvalue weighted by Gasteiger charge is 2.35. The Bertz CT molecular complexity index is 952. The largest absolute Gasteiger partial charge is 0.467 e. The second-order valence-corrected chi connectivity index (χ2v) is 8.39. The number of hydrogen-bond donors (Lipinski definition) is 1. The Morgan fingerprint density at radius 1 is 1.29 bits per heavy atom. The summed E-state index contributed by atoms with van der Waals surface area (Å²) < 4.78 is 5.60. The van der Waals surface area contributed by atoms with E-state index in [9.17, 15) is 4.79 Å². The van der Waals surface area contributed by atoms with Crippen LogP contribution in [0.3, 0.4) is 0 Å². The number of rotatable bonds is 6. The van der Waals surface area contributed by atoms with Gasteiger partial charge in [-0.15, -0.1) is 11.3 Å². The van der Waals surface area contributed by atoms with Crippen molar-refractivity contribution in [3.8, 4) is 0 Å². The van der Waals surface area contributed by atoms with Crippen molar-refractivity contribution < 1.29 is 14.1 Å². The fourth-order valence-electron chi connectivity index (χ4n) is 3.37. The lowest BCUT2D eigenvalue weighted by Crippen LogP contribution is -3.08. The van der Waals surface area contributed by atoms with Gasteiger partial charge in [0.05, 0.1) is 23.9 Å². The first-order valence-corrected chi connectivity index (χ1v) is 10.4. The SMILES string of the molecule is C[NH+](CC(=O)N1N=C(c2ccc(Cl)cc2)C[C@@H]1c1ccco1)Cc1cccs1. The van der Waals surface area contributed by atoms with Gasteiger partial charge in [0.15, 0.2) is 6.54 Å². The van der Waals surface area contributed by atoms with Crippen molar-refractivity contribution in [2.24, 2.45) is 5.10 Å². The standard InChI is InChI=1S/C21H20ClN3O2S/c1-24(13-17-4-3-11-28-17)14-21(26)25-19(20-5-2-10-27-20)12-18(23-25)15-6-8-16(22)9-7-15/h2-11,19H,12-14H2,1H3/p+1/t19-/m1/s1. The minimum atomic E-state index is -0.220. The summed E-state index contributed by atoms with van der Waals surface area (Å²) >= 11 is 7.71. The molecule has 0 aliphatic carbocycles. The van der Waals surface area contributed by atoms with E-state index in [1.165, 1.54) is 4.88 Å². The van der Waals surface area contributed by atoms with Gasteiger partial charge in [-0.2, -0.15) is 5.10 Å². The summed E-state index contributed by atoms with van der Waals surface area (Å²) in [6.07, 6.45) is 2.25. The van der Waals surface area contributed by atoms with Gasteiger partial charge < -0.3 is 9.32 Å². The number of hydrogen-bond acceptors (Lipinski definition) is 4. The predicted octanol–water partition coefficient (Wildman–Crippen LogP) is 3.39. The van der Waals surface area contributed by atoms with Crippen molar-refractivity contribution in [3.63, 3.8) is 0 Å². The molecule has 2 atom stereocenters. The van der Waals surface area contributed by atoms with Crippen LogP contribution in [-0.2, 0) is 11.3 Å². The number of likely N-dealkylation sites (N-methyl/N-ethyl adjacent to an activating group) is 1. The van der Waals surface area contributed by atoms with Crippen molar-refractivity contribution in [1.29, 1.82) is 0 Å². The fraction of sp³-hybridized carbons (Fsp3) is 0.238. The van der Waals surface area contributed by atoms with Gasteiger partial charge in [-0.05, 0) is 41.3 Å². The van der Waals surface area contributed by atoms with Gasteiger partial charge in [0, 0.05) is 11.4 Å². The van der Waals surface area contributed by atoms with Crippen molar-refractivity contribution in [3.05, 3.63) is 81.4 Å². The van der Waals surface area contributed by atoms with Gasteiger partial charge in [-0.25, -0.2) is 5.01 Å². The van der Waals surface area contributed by atoms with Crippen LogP contribution in [0.4, 0.5) is 0 Å². The maximum Gasteiger partial charge on any atom is 0.298 e. The van der Waals surface area contributed by atoms with E-state index in [1.54, 1.807) is 22.6 Å². The van der Waals surface area contributed by atoms with Crippen molar-refractivity contribution >= 4 is 34.6 Å². The molecule has 1 aliphatic rings. The lowest BCUT2D eigenvalue weighted by Gasteiger charge is -2.21. The summed E-state index contributed by atoms with van der Waals surface area (Å²) in [5.74, 6) is 0.733. The van der Waals surface area contributed by atoms with E-state index < -0.39 is 0 Å². The lowest BCUT2D eigenvalue weighted by atomic mass is 10.0. The third-order valence-electron chi connectivity index (χ3n) is 4.72. The number of halogens is 1. The van der Waals surface area contributed by atoms with Crippen LogP contribution < -0.4 is 4.90 Å². The van der Waals surface area contributed by atoms with Gasteiger partial charge >= 0.3 is 0 Å². The third-order valence-corrected chi connectivity index (χ3v) is 5.85. The minimum absolute atomic E-state index is 0.0144. The highest BCUT2D eigenvalue weighted by molar-refractivity contribution is 7.09. The maximum atomic E-state index is 13.1. The molecule has 4 rings (SSSR count). The fourth-order valence-corrected chi connectivity index (χ4v) is 4.32. The first-order valence-electron chi connectivity index (χ1n) is 9.12. The normalized spacial score (nSPS) is 17.6. The summed E-state index contributed by atoms with van der Waals surface area (Å²) in [6, 6.07) is 15.2. The number of quaternary nitrogens is 1. The molecule has 1 N–H and O–H groups in total. The third kappa shape index (κ3) is 4.19. The summed E-state index contributed by atoms with van der Waals surface area (Å²) in [5.41, 5.74) is 1.83. The topological polar surface area (TPSA) is 50.2 Å². The Morgan fingerprint density at radius 2 is 2.11 bits per heavy atom. The summed E-state index contributed by atoms with van der Waals surface area (Å²) in [4.78, 5) is 15.4.